The van der Waals surface area contributed by atoms with Gasteiger partial charge in [-0.25, -0.2) is 9.37 Å². The van der Waals surface area contributed by atoms with Crippen molar-refractivity contribution < 1.29 is 13.0 Å². The summed E-state index contributed by atoms with van der Waals surface area (Å²) in [5.41, 5.74) is 2.11. The number of hydrogen-bond donors (Lipinski definition) is 0. The van der Waals surface area contributed by atoms with Gasteiger partial charge in [0.25, 0.3) is 0 Å². The minimum atomic E-state index is -1.15. The average Bonchev–Trinajstić information content (AvgIpc) is 2.98. The molecule has 23 heavy (non-hydrogen) atoms. The molecule has 0 saturated carbocycles. The van der Waals surface area contributed by atoms with Gasteiger partial charge in [0.05, 0.1) is 17.2 Å². The molecule has 0 fully saturated rings. The van der Waals surface area contributed by atoms with Crippen LogP contribution < -0.4 is 0 Å². The third-order valence-electron chi connectivity index (χ3n) is 3.23. The quantitative estimate of drug-likeness (QED) is 0.677. The molecule has 3 nitrogen and oxygen atoms in total. The van der Waals surface area contributed by atoms with Gasteiger partial charge in [0.1, 0.15) is 12.1 Å². The molecule has 0 bridgehead atoms. The van der Waals surface area contributed by atoms with E-state index in [-0.39, 0.29) is 11.6 Å². The fourth-order valence-corrected chi connectivity index (χ4v) is 3.55. The van der Waals surface area contributed by atoms with Crippen LogP contribution in [0, 0.1) is 5.82 Å². The molecule has 2 aromatic carbocycles. The summed E-state index contributed by atoms with van der Waals surface area (Å²) in [4.78, 5) is 4.30. The number of rotatable bonds is 5. The smallest absolute Gasteiger partial charge is 0.226 e. The zero-order valence-corrected chi connectivity index (χ0v) is 13.6. The Labute approximate surface area is 140 Å². The third-order valence-corrected chi connectivity index (χ3v) is 4.85. The van der Waals surface area contributed by atoms with Crippen molar-refractivity contribution in [3.8, 4) is 11.5 Å². The van der Waals surface area contributed by atoms with Crippen molar-refractivity contribution in [3.63, 3.8) is 0 Å². The number of aromatic nitrogens is 1. The number of hydrogen-bond acceptors (Lipinski definition) is 3. The van der Waals surface area contributed by atoms with Gasteiger partial charge in [-0.3, -0.25) is 4.21 Å². The van der Waals surface area contributed by atoms with Gasteiger partial charge in [-0.2, -0.15) is 0 Å². The van der Waals surface area contributed by atoms with Crippen molar-refractivity contribution in [2.75, 3.05) is 0 Å². The maximum atomic E-state index is 12.9. The lowest BCUT2D eigenvalue weighted by atomic mass is 10.2. The van der Waals surface area contributed by atoms with Crippen molar-refractivity contribution in [2.45, 2.75) is 11.5 Å². The Bertz CT molecular complexity index is 833. The molecular weight excluding hydrogens is 337 g/mol. The van der Waals surface area contributed by atoms with Crippen LogP contribution in [0.1, 0.15) is 11.3 Å². The highest BCUT2D eigenvalue weighted by atomic mass is 35.5. The second-order valence-electron chi connectivity index (χ2n) is 4.97. The van der Waals surface area contributed by atoms with Crippen molar-refractivity contribution in [1.82, 2.24) is 4.98 Å². The van der Waals surface area contributed by atoms with Gasteiger partial charge in [0.2, 0.25) is 5.89 Å². The molecule has 1 aromatic heterocycles. The predicted molar refractivity (Wildman–Crippen MR) is 88.9 cm³/mol. The van der Waals surface area contributed by atoms with Crippen molar-refractivity contribution in [1.29, 1.82) is 0 Å². The lowest BCUT2D eigenvalue weighted by Gasteiger charge is -2.02. The molecule has 1 atom stereocenters. The van der Waals surface area contributed by atoms with Crippen LogP contribution in [0.3, 0.4) is 0 Å². The van der Waals surface area contributed by atoms with E-state index < -0.39 is 10.8 Å². The summed E-state index contributed by atoms with van der Waals surface area (Å²) in [6, 6.07) is 13.2. The molecular formula is C17H13ClFNO2S. The van der Waals surface area contributed by atoms with E-state index in [4.69, 9.17) is 16.0 Å². The van der Waals surface area contributed by atoms with E-state index >= 15 is 0 Å². The van der Waals surface area contributed by atoms with E-state index in [0.29, 0.717) is 27.9 Å². The van der Waals surface area contributed by atoms with Crippen molar-refractivity contribution >= 4 is 22.4 Å². The van der Waals surface area contributed by atoms with Gasteiger partial charge >= 0.3 is 0 Å². The monoisotopic (exact) mass is 349 g/mol. The van der Waals surface area contributed by atoms with Gasteiger partial charge in [-0.05, 0) is 35.9 Å². The number of benzene rings is 2. The highest BCUT2D eigenvalue weighted by Gasteiger charge is 2.11. The Morgan fingerprint density at radius 1 is 1.09 bits per heavy atom. The van der Waals surface area contributed by atoms with Gasteiger partial charge in [-0.1, -0.05) is 29.8 Å². The highest BCUT2D eigenvalue weighted by molar-refractivity contribution is 7.83. The Hall–Kier alpha value is -1.98. The van der Waals surface area contributed by atoms with Crippen LogP contribution >= 0.6 is 11.6 Å². The zero-order chi connectivity index (χ0) is 16.2. The molecule has 0 spiro atoms. The zero-order valence-electron chi connectivity index (χ0n) is 12.0. The van der Waals surface area contributed by atoms with E-state index in [1.807, 2.05) is 18.2 Å². The molecule has 0 radical (unpaired) electrons. The van der Waals surface area contributed by atoms with Crippen LogP contribution in [-0.4, -0.2) is 9.19 Å². The molecule has 0 saturated heterocycles. The summed E-state index contributed by atoms with van der Waals surface area (Å²) in [5.74, 6) is 0.699. The first kappa shape index (κ1) is 15.9. The first-order valence-electron chi connectivity index (χ1n) is 6.90. The van der Waals surface area contributed by atoms with E-state index in [2.05, 4.69) is 4.98 Å². The fourth-order valence-electron chi connectivity index (χ4n) is 2.10. The lowest BCUT2D eigenvalue weighted by molar-refractivity contribution is 0.572. The molecule has 0 N–H and O–H groups in total. The van der Waals surface area contributed by atoms with Gasteiger partial charge in [0.15, 0.2) is 0 Å². The molecule has 0 amide bonds. The molecule has 1 heterocycles. The van der Waals surface area contributed by atoms with Gasteiger partial charge in [0, 0.05) is 21.4 Å². The highest BCUT2D eigenvalue weighted by Crippen LogP contribution is 2.21. The largest absolute Gasteiger partial charge is 0.444 e. The van der Waals surface area contributed by atoms with Crippen LogP contribution in [0.2, 0.25) is 5.02 Å². The summed E-state index contributed by atoms with van der Waals surface area (Å²) >= 11 is 6.07. The second-order valence-corrected chi connectivity index (χ2v) is 6.84. The predicted octanol–water partition coefficient (Wildman–Crippen LogP) is 4.58. The van der Waals surface area contributed by atoms with E-state index in [9.17, 15) is 8.60 Å². The standard InChI is InChI=1S/C17H13ClFNO2S/c18-16-4-2-1-3-13(16)10-23(21)11-15-9-22-17(20-15)12-5-7-14(19)8-6-12/h1-9H,10-11H2. The Morgan fingerprint density at radius 2 is 1.83 bits per heavy atom. The minimum absolute atomic E-state index is 0.274. The molecule has 1 unspecified atom stereocenters. The number of oxazole rings is 1. The lowest BCUT2D eigenvalue weighted by Crippen LogP contribution is -2.00. The minimum Gasteiger partial charge on any atom is -0.444 e. The molecule has 6 heteroatoms. The average molecular weight is 350 g/mol. The van der Waals surface area contributed by atoms with E-state index in [1.54, 1.807) is 18.2 Å². The first-order valence-corrected chi connectivity index (χ1v) is 8.77. The molecule has 118 valence electrons. The SMILES string of the molecule is O=S(Cc1coc(-c2ccc(F)cc2)n1)Cc1ccccc1Cl. The van der Waals surface area contributed by atoms with Crippen LogP contribution in [0.5, 0.6) is 0 Å². The summed E-state index contributed by atoms with van der Waals surface area (Å²) in [6.07, 6.45) is 1.48. The molecule has 0 aliphatic rings. The Morgan fingerprint density at radius 3 is 2.57 bits per heavy atom. The summed E-state index contributed by atoms with van der Waals surface area (Å²) in [7, 11) is -1.15. The number of halogens is 2. The third kappa shape index (κ3) is 4.06. The van der Waals surface area contributed by atoms with E-state index in [1.165, 1.54) is 18.4 Å². The maximum Gasteiger partial charge on any atom is 0.226 e. The summed E-state index contributed by atoms with van der Waals surface area (Å²) in [5, 5.41) is 0.605. The first-order chi connectivity index (χ1) is 11.1. The molecule has 0 aliphatic carbocycles. The van der Waals surface area contributed by atoms with Crippen molar-refractivity contribution in [2.24, 2.45) is 0 Å². The summed E-state index contributed by atoms with van der Waals surface area (Å²) in [6.45, 7) is 0. The molecule has 0 aliphatic heterocycles. The maximum absolute atomic E-state index is 12.9. The van der Waals surface area contributed by atoms with Crippen LogP contribution in [0.15, 0.2) is 59.2 Å². The van der Waals surface area contributed by atoms with Crippen LogP contribution in [0.25, 0.3) is 11.5 Å². The van der Waals surface area contributed by atoms with Gasteiger partial charge < -0.3 is 4.42 Å². The van der Waals surface area contributed by atoms with E-state index in [0.717, 1.165) is 5.56 Å². The van der Waals surface area contributed by atoms with Crippen LogP contribution in [-0.2, 0) is 22.3 Å². The number of nitrogens with zero attached hydrogens (tertiary/aromatic N) is 1. The fraction of sp³-hybridized carbons (Fsp3) is 0.118. The molecule has 3 rings (SSSR count). The van der Waals surface area contributed by atoms with Crippen LogP contribution in [0.4, 0.5) is 4.39 Å². The Kier molecular flexibility index (Phi) is 4.88. The Balaban J connectivity index is 1.68. The topological polar surface area (TPSA) is 43.1 Å². The van der Waals surface area contributed by atoms with Gasteiger partial charge in [-0.15, -0.1) is 0 Å². The second kappa shape index (κ2) is 7.06. The molecule has 3 aromatic rings. The normalized spacial score (nSPS) is 12.3. The summed E-state index contributed by atoms with van der Waals surface area (Å²) < 4.78 is 30.5. The van der Waals surface area contributed by atoms with Crippen molar-refractivity contribution in [3.05, 3.63) is 76.9 Å².